The minimum absolute atomic E-state index is 0.922. The Bertz CT molecular complexity index is 124. The Morgan fingerprint density at radius 3 is 2.31 bits per heavy atom. The molecule has 13 heavy (non-hydrogen) atoms. The summed E-state index contributed by atoms with van der Waals surface area (Å²) in [5.74, 6) is 0.922. The molecule has 0 bridgehead atoms. The molecule has 0 aliphatic heterocycles. The largest absolute Gasteiger partial charge is 0.100 e. The molecule has 1 unspecified atom stereocenters. The van der Waals surface area contributed by atoms with Gasteiger partial charge in [0.05, 0.1) is 0 Å². The highest BCUT2D eigenvalue weighted by Crippen LogP contribution is 2.17. The topological polar surface area (TPSA) is 0 Å². The lowest BCUT2D eigenvalue weighted by Crippen LogP contribution is -1.94. The highest BCUT2D eigenvalue weighted by Gasteiger charge is 2.01. The third-order valence-corrected chi connectivity index (χ3v) is 2.60. The Hall–Kier alpha value is -0.260. The second kappa shape index (κ2) is 8.34. The van der Waals surface area contributed by atoms with Crippen LogP contribution in [0, 0.1) is 5.92 Å². The van der Waals surface area contributed by atoms with Crippen molar-refractivity contribution in [3.63, 3.8) is 0 Å². The van der Waals surface area contributed by atoms with Gasteiger partial charge in [-0.1, -0.05) is 51.5 Å². The van der Waals surface area contributed by atoms with Crippen LogP contribution in [0.4, 0.5) is 0 Å². The number of rotatable bonds is 8. The van der Waals surface area contributed by atoms with Gasteiger partial charge in [-0.25, -0.2) is 0 Å². The lowest BCUT2D eigenvalue weighted by molar-refractivity contribution is 0.450. The quantitative estimate of drug-likeness (QED) is 0.368. The third kappa shape index (κ3) is 9.66. The van der Waals surface area contributed by atoms with Crippen LogP contribution < -0.4 is 0 Å². The van der Waals surface area contributed by atoms with Gasteiger partial charge in [0.1, 0.15) is 0 Å². The van der Waals surface area contributed by atoms with Gasteiger partial charge in [0.25, 0.3) is 0 Å². The first-order valence-corrected chi connectivity index (χ1v) is 5.81. The van der Waals surface area contributed by atoms with Crippen molar-refractivity contribution in [2.24, 2.45) is 5.92 Å². The fourth-order valence-electron chi connectivity index (χ4n) is 1.64. The number of hydrogen-bond acceptors (Lipinski definition) is 0. The van der Waals surface area contributed by atoms with Crippen molar-refractivity contribution in [2.75, 3.05) is 0 Å². The lowest BCUT2D eigenvalue weighted by Gasteiger charge is -2.10. The molecule has 0 aliphatic rings. The van der Waals surface area contributed by atoms with Crippen molar-refractivity contribution < 1.29 is 0 Å². The first kappa shape index (κ1) is 12.7. The summed E-state index contributed by atoms with van der Waals surface area (Å²) >= 11 is 0. The summed E-state index contributed by atoms with van der Waals surface area (Å²) < 4.78 is 0. The van der Waals surface area contributed by atoms with E-state index in [1.165, 1.54) is 50.5 Å². The molecular weight excluding hydrogens is 156 g/mol. The molecular formula is C13H26. The van der Waals surface area contributed by atoms with Gasteiger partial charge < -0.3 is 0 Å². The average Bonchev–Trinajstić information content (AvgIpc) is 2.04. The molecule has 0 fully saturated rings. The van der Waals surface area contributed by atoms with Gasteiger partial charge in [0, 0.05) is 0 Å². The Morgan fingerprint density at radius 2 is 1.77 bits per heavy atom. The van der Waals surface area contributed by atoms with Crippen LogP contribution in [0.2, 0.25) is 0 Å². The summed E-state index contributed by atoms with van der Waals surface area (Å²) in [5, 5.41) is 0. The second-order valence-electron chi connectivity index (χ2n) is 4.45. The van der Waals surface area contributed by atoms with Crippen LogP contribution in [0.5, 0.6) is 0 Å². The summed E-state index contributed by atoms with van der Waals surface area (Å²) in [7, 11) is 0. The van der Waals surface area contributed by atoms with E-state index in [4.69, 9.17) is 0 Å². The van der Waals surface area contributed by atoms with E-state index in [0.29, 0.717) is 0 Å². The molecule has 0 N–H and O–H groups in total. The van der Waals surface area contributed by atoms with Crippen LogP contribution in [-0.4, -0.2) is 0 Å². The smallest absolute Gasteiger partial charge is 0.0326 e. The van der Waals surface area contributed by atoms with E-state index in [-0.39, 0.29) is 0 Å². The van der Waals surface area contributed by atoms with E-state index >= 15 is 0 Å². The maximum absolute atomic E-state index is 3.93. The van der Waals surface area contributed by atoms with Crippen LogP contribution in [0.15, 0.2) is 12.2 Å². The van der Waals surface area contributed by atoms with Crippen molar-refractivity contribution in [1.82, 2.24) is 0 Å². The fraction of sp³-hybridized carbons (Fsp3) is 0.846. The van der Waals surface area contributed by atoms with Crippen molar-refractivity contribution in [2.45, 2.75) is 65.7 Å². The molecule has 78 valence electrons. The van der Waals surface area contributed by atoms with Crippen LogP contribution in [-0.2, 0) is 0 Å². The maximum Gasteiger partial charge on any atom is -0.0326 e. The summed E-state index contributed by atoms with van der Waals surface area (Å²) in [5.41, 5.74) is 1.33. The maximum atomic E-state index is 3.93. The summed E-state index contributed by atoms with van der Waals surface area (Å²) in [6.45, 7) is 10.7. The molecule has 0 aliphatic carbocycles. The van der Waals surface area contributed by atoms with E-state index in [0.717, 1.165) is 5.92 Å². The molecule has 0 spiro atoms. The minimum Gasteiger partial charge on any atom is -0.100 e. The molecule has 0 nitrogen and oxygen atoms in total. The molecule has 0 radical (unpaired) electrons. The highest BCUT2D eigenvalue weighted by molar-refractivity contribution is 4.87. The van der Waals surface area contributed by atoms with Gasteiger partial charge in [-0.3, -0.25) is 0 Å². The molecule has 0 aromatic carbocycles. The SMILES string of the molecule is C=C(C)CCCC(C)CCCCC. The second-order valence-corrected chi connectivity index (χ2v) is 4.45. The van der Waals surface area contributed by atoms with Crippen molar-refractivity contribution in [3.8, 4) is 0 Å². The molecule has 0 heteroatoms. The van der Waals surface area contributed by atoms with E-state index in [1.807, 2.05) is 0 Å². The van der Waals surface area contributed by atoms with Gasteiger partial charge in [-0.2, -0.15) is 0 Å². The normalized spacial score (nSPS) is 12.8. The van der Waals surface area contributed by atoms with E-state index in [9.17, 15) is 0 Å². The standard InChI is InChI=1S/C13H26/c1-5-6-7-10-13(4)11-8-9-12(2)3/h13H,2,5-11H2,1,3-4H3. The Kier molecular flexibility index (Phi) is 8.18. The molecule has 0 aromatic rings. The van der Waals surface area contributed by atoms with Crippen LogP contribution in [0.3, 0.4) is 0 Å². The average molecular weight is 182 g/mol. The molecule has 0 saturated heterocycles. The molecule has 1 atom stereocenters. The Morgan fingerprint density at radius 1 is 1.15 bits per heavy atom. The van der Waals surface area contributed by atoms with Gasteiger partial charge >= 0.3 is 0 Å². The van der Waals surface area contributed by atoms with Crippen molar-refractivity contribution in [3.05, 3.63) is 12.2 Å². The number of allylic oxidation sites excluding steroid dienone is 1. The fourth-order valence-corrected chi connectivity index (χ4v) is 1.64. The Labute approximate surface area is 84.4 Å². The number of hydrogen-bond donors (Lipinski definition) is 0. The predicted octanol–water partition coefficient (Wildman–Crippen LogP) is 4.95. The van der Waals surface area contributed by atoms with E-state index < -0.39 is 0 Å². The minimum atomic E-state index is 0.922. The van der Waals surface area contributed by atoms with Gasteiger partial charge in [-0.05, 0) is 25.7 Å². The summed E-state index contributed by atoms with van der Waals surface area (Å²) in [4.78, 5) is 0. The first-order chi connectivity index (χ1) is 6.16. The Balaban J connectivity index is 3.19. The molecule has 0 saturated carbocycles. The monoisotopic (exact) mass is 182 g/mol. The van der Waals surface area contributed by atoms with Gasteiger partial charge in [0.2, 0.25) is 0 Å². The molecule has 0 amide bonds. The van der Waals surface area contributed by atoms with E-state index in [1.54, 1.807) is 0 Å². The summed E-state index contributed by atoms with van der Waals surface area (Å²) in [6.07, 6.45) is 9.54. The summed E-state index contributed by atoms with van der Waals surface area (Å²) in [6, 6.07) is 0. The van der Waals surface area contributed by atoms with Gasteiger partial charge in [-0.15, -0.1) is 6.58 Å². The predicted molar refractivity (Wildman–Crippen MR) is 62.0 cm³/mol. The highest BCUT2D eigenvalue weighted by atomic mass is 14.1. The molecule has 0 heterocycles. The van der Waals surface area contributed by atoms with Crippen molar-refractivity contribution in [1.29, 1.82) is 0 Å². The van der Waals surface area contributed by atoms with Crippen LogP contribution in [0.1, 0.15) is 65.7 Å². The zero-order valence-electron chi connectivity index (χ0n) is 9.73. The van der Waals surface area contributed by atoms with Crippen molar-refractivity contribution >= 4 is 0 Å². The zero-order chi connectivity index (χ0) is 10.1. The molecule has 0 rings (SSSR count). The van der Waals surface area contributed by atoms with E-state index in [2.05, 4.69) is 27.4 Å². The van der Waals surface area contributed by atoms with Crippen LogP contribution in [0.25, 0.3) is 0 Å². The third-order valence-electron chi connectivity index (χ3n) is 2.60. The lowest BCUT2D eigenvalue weighted by atomic mass is 9.96. The number of unbranched alkanes of at least 4 members (excludes halogenated alkanes) is 2. The zero-order valence-corrected chi connectivity index (χ0v) is 9.73. The first-order valence-electron chi connectivity index (χ1n) is 5.81. The molecule has 0 aromatic heterocycles. The van der Waals surface area contributed by atoms with Crippen LogP contribution >= 0.6 is 0 Å². The van der Waals surface area contributed by atoms with Gasteiger partial charge in [0.15, 0.2) is 0 Å².